The maximum atomic E-state index is 5.19. The van der Waals surface area contributed by atoms with Gasteiger partial charge in [-0.25, -0.2) is 4.68 Å². The molecule has 0 aliphatic rings. The van der Waals surface area contributed by atoms with Gasteiger partial charge in [0, 0.05) is 6.42 Å². The summed E-state index contributed by atoms with van der Waals surface area (Å²) in [5.74, 6) is 1.74. The number of ether oxygens (including phenoxy) is 1. The van der Waals surface area contributed by atoms with E-state index < -0.39 is 0 Å². The van der Waals surface area contributed by atoms with Crippen LogP contribution in [0.2, 0.25) is 0 Å². The van der Waals surface area contributed by atoms with E-state index in [1.165, 1.54) is 0 Å². The van der Waals surface area contributed by atoms with Crippen LogP contribution in [0, 0.1) is 4.77 Å². The van der Waals surface area contributed by atoms with Gasteiger partial charge in [0.1, 0.15) is 5.75 Å². The molecule has 0 amide bonds. The second-order valence-electron chi connectivity index (χ2n) is 3.82. The van der Waals surface area contributed by atoms with Crippen molar-refractivity contribution in [3.8, 4) is 5.75 Å². The molecule has 2 aromatic rings. The third-order valence-electron chi connectivity index (χ3n) is 2.63. The number of benzene rings is 1. The molecule has 18 heavy (non-hydrogen) atoms. The number of hydrogen-bond donors (Lipinski definition) is 2. The number of nitrogens with one attached hydrogen (secondary N) is 2. The van der Waals surface area contributed by atoms with Crippen LogP contribution in [0.3, 0.4) is 0 Å². The van der Waals surface area contributed by atoms with E-state index in [-0.39, 0.29) is 0 Å². The third kappa shape index (κ3) is 2.70. The zero-order valence-electron chi connectivity index (χ0n) is 10.4. The van der Waals surface area contributed by atoms with Crippen molar-refractivity contribution in [2.24, 2.45) is 0 Å². The molecule has 1 aromatic carbocycles. The van der Waals surface area contributed by atoms with Crippen molar-refractivity contribution in [3.05, 3.63) is 40.4 Å². The number of hydrogen-bond acceptors (Lipinski definition) is 4. The zero-order valence-corrected chi connectivity index (χ0v) is 11.3. The van der Waals surface area contributed by atoms with Crippen molar-refractivity contribution >= 4 is 12.2 Å². The molecule has 0 unspecified atom stereocenters. The summed E-state index contributed by atoms with van der Waals surface area (Å²) >= 11 is 5.16. The summed E-state index contributed by atoms with van der Waals surface area (Å²) in [7, 11) is 1.66. The minimum Gasteiger partial charge on any atom is -0.497 e. The highest BCUT2D eigenvalue weighted by Gasteiger charge is 2.03. The molecule has 96 valence electrons. The Hall–Kier alpha value is -1.82. The molecule has 0 saturated heterocycles. The molecule has 0 saturated carbocycles. The Morgan fingerprint density at radius 3 is 3.06 bits per heavy atom. The highest BCUT2D eigenvalue weighted by Crippen LogP contribution is 2.12. The first-order valence-electron chi connectivity index (χ1n) is 5.77. The summed E-state index contributed by atoms with van der Waals surface area (Å²) in [5.41, 5.74) is 4.37. The number of H-pyrrole nitrogens is 1. The maximum Gasteiger partial charge on any atom is 0.214 e. The largest absolute Gasteiger partial charge is 0.497 e. The van der Waals surface area contributed by atoms with Gasteiger partial charge in [-0.05, 0) is 29.9 Å². The predicted molar refractivity (Wildman–Crippen MR) is 72.8 cm³/mol. The minimum atomic E-state index is 0.578. The van der Waals surface area contributed by atoms with E-state index in [1.807, 2.05) is 31.2 Å². The summed E-state index contributed by atoms with van der Waals surface area (Å²) in [6, 6.07) is 7.91. The number of nitrogens with zero attached hydrogens (tertiary/aromatic N) is 2. The molecule has 0 fully saturated rings. The van der Waals surface area contributed by atoms with E-state index in [2.05, 4.69) is 15.6 Å². The van der Waals surface area contributed by atoms with Crippen molar-refractivity contribution in [2.75, 3.05) is 12.5 Å². The number of aryl methyl sites for hydroxylation is 1. The summed E-state index contributed by atoms with van der Waals surface area (Å²) in [5, 5.41) is 6.91. The lowest BCUT2D eigenvalue weighted by Crippen LogP contribution is -2.17. The highest BCUT2D eigenvalue weighted by molar-refractivity contribution is 7.71. The summed E-state index contributed by atoms with van der Waals surface area (Å²) in [6.07, 6.45) is 0.818. The van der Waals surface area contributed by atoms with Gasteiger partial charge in [0.05, 0.1) is 13.7 Å². The summed E-state index contributed by atoms with van der Waals surface area (Å²) in [4.78, 5) is 0. The predicted octanol–water partition coefficient (Wildman–Crippen LogP) is 2.26. The average Bonchev–Trinajstić information content (AvgIpc) is 2.77. The van der Waals surface area contributed by atoms with Gasteiger partial charge >= 0.3 is 0 Å². The van der Waals surface area contributed by atoms with Gasteiger partial charge in [-0.3, -0.25) is 5.10 Å². The standard InChI is InChI=1S/C12H16N4OS/c1-3-11-14-15-12(18)16(11)13-8-9-5-4-6-10(7-9)17-2/h4-7,13H,3,8H2,1-2H3,(H,15,18). The van der Waals surface area contributed by atoms with Gasteiger partial charge in [0.15, 0.2) is 5.82 Å². The number of aromatic amines is 1. The molecule has 0 bridgehead atoms. The van der Waals surface area contributed by atoms with Crippen LogP contribution in [0.1, 0.15) is 18.3 Å². The number of methoxy groups -OCH3 is 1. The molecule has 1 aromatic heterocycles. The molecule has 2 N–H and O–H groups in total. The van der Waals surface area contributed by atoms with Crippen molar-refractivity contribution in [2.45, 2.75) is 19.9 Å². The van der Waals surface area contributed by atoms with Gasteiger partial charge < -0.3 is 10.2 Å². The first-order chi connectivity index (χ1) is 8.74. The molecule has 0 spiro atoms. The van der Waals surface area contributed by atoms with Crippen molar-refractivity contribution < 1.29 is 4.74 Å². The zero-order chi connectivity index (χ0) is 13.0. The maximum absolute atomic E-state index is 5.19. The van der Waals surface area contributed by atoms with Crippen molar-refractivity contribution in [1.29, 1.82) is 0 Å². The van der Waals surface area contributed by atoms with Crippen LogP contribution >= 0.6 is 12.2 Å². The minimum absolute atomic E-state index is 0.578. The Kier molecular flexibility index (Phi) is 3.99. The molecule has 6 heteroatoms. The lowest BCUT2D eigenvalue weighted by atomic mass is 10.2. The molecular formula is C12H16N4OS. The molecule has 0 aliphatic heterocycles. The molecule has 0 aliphatic carbocycles. The van der Waals surface area contributed by atoms with E-state index in [0.29, 0.717) is 11.3 Å². The van der Waals surface area contributed by atoms with Gasteiger partial charge in [-0.15, -0.1) is 0 Å². The molecular weight excluding hydrogens is 248 g/mol. The van der Waals surface area contributed by atoms with Crippen LogP contribution in [-0.4, -0.2) is 22.0 Å². The molecule has 0 radical (unpaired) electrons. The SMILES string of the molecule is CCc1n[nH]c(=S)n1NCc1cccc(OC)c1. The van der Waals surface area contributed by atoms with Gasteiger partial charge in [-0.2, -0.15) is 5.10 Å². The van der Waals surface area contributed by atoms with Crippen LogP contribution in [-0.2, 0) is 13.0 Å². The van der Waals surface area contributed by atoms with Crippen LogP contribution in [0.15, 0.2) is 24.3 Å². The van der Waals surface area contributed by atoms with Crippen LogP contribution in [0.5, 0.6) is 5.75 Å². The normalized spacial score (nSPS) is 10.3. The van der Waals surface area contributed by atoms with Crippen molar-refractivity contribution in [3.63, 3.8) is 0 Å². The second-order valence-corrected chi connectivity index (χ2v) is 4.21. The lowest BCUT2D eigenvalue weighted by Gasteiger charge is -2.10. The van der Waals surface area contributed by atoms with Gasteiger partial charge in [0.2, 0.25) is 4.77 Å². The highest BCUT2D eigenvalue weighted by atomic mass is 32.1. The topological polar surface area (TPSA) is 54.9 Å². The van der Waals surface area contributed by atoms with Crippen molar-refractivity contribution in [1.82, 2.24) is 14.9 Å². The van der Waals surface area contributed by atoms with E-state index in [9.17, 15) is 0 Å². The fourth-order valence-electron chi connectivity index (χ4n) is 1.68. The first-order valence-corrected chi connectivity index (χ1v) is 6.18. The Morgan fingerprint density at radius 2 is 2.33 bits per heavy atom. The Balaban J connectivity index is 2.11. The fourth-order valence-corrected chi connectivity index (χ4v) is 1.90. The van der Waals surface area contributed by atoms with Gasteiger partial charge in [0.25, 0.3) is 0 Å². The fraction of sp³-hybridized carbons (Fsp3) is 0.333. The quantitative estimate of drug-likeness (QED) is 0.813. The van der Waals surface area contributed by atoms with Crippen LogP contribution < -0.4 is 10.2 Å². The third-order valence-corrected chi connectivity index (χ3v) is 2.91. The van der Waals surface area contributed by atoms with Crippen LogP contribution in [0.4, 0.5) is 0 Å². The molecule has 1 heterocycles. The monoisotopic (exact) mass is 264 g/mol. The number of aromatic nitrogens is 3. The second kappa shape index (κ2) is 5.68. The van der Waals surface area contributed by atoms with E-state index >= 15 is 0 Å². The Labute approximate surface area is 111 Å². The van der Waals surface area contributed by atoms with E-state index in [1.54, 1.807) is 11.8 Å². The molecule has 2 rings (SSSR count). The van der Waals surface area contributed by atoms with Gasteiger partial charge in [-0.1, -0.05) is 19.1 Å². The lowest BCUT2D eigenvalue weighted by molar-refractivity contribution is 0.414. The average molecular weight is 264 g/mol. The Bertz CT molecular complexity index is 575. The van der Waals surface area contributed by atoms with E-state index in [0.717, 1.165) is 23.6 Å². The molecule has 0 atom stereocenters. The van der Waals surface area contributed by atoms with E-state index in [4.69, 9.17) is 17.0 Å². The summed E-state index contributed by atoms with van der Waals surface area (Å²) < 4.78 is 7.57. The smallest absolute Gasteiger partial charge is 0.214 e. The number of rotatable bonds is 5. The van der Waals surface area contributed by atoms with Crippen LogP contribution in [0.25, 0.3) is 0 Å². The summed E-state index contributed by atoms with van der Waals surface area (Å²) in [6.45, 7) is 2.70. The first kappa shape index (κ1) is 12.6. The Morgan fingerprint density at radius 1 is 1.50 bits per heavy atom. The molecule has 5 nitrogen and oxygen atoms in total.